The molecule has 92 valence electrons. The molecule has 0 aliphatic carbocycles. The van der Waals surface area contributed by atoms with Crippen molar-refractivity contribution in [2.24, 2.45) is 0 Å². The van der Waals surface area contributed by atoms with Crippen molar-refractivity contribution in [3.8, 4) is 0 Å². The van der Waals surface area contributed by atoms with E-state index in [0.717, 1.165) is 0 Å². The summed E-state index contributed by atoms with van der Waals surface area (Å²) in [6.07, 6.45) is 1.53. The van der Waals surface area contributed by atoms with Crippen molar-refractivity contribution in [1.29, 1.82) is 0 Å². The quantitative estimate of drug-likeness (QED) is 0.808. The Morgan fingerprint density at radius 2 is 2.00 bits per heavy atom. The number of halogens is 3. The Balaban J connectivity index is 2.21. The van der Waals surface area contributed by atoms with Crippen molar-refractivity contribution in [2.45, 2.75) is 0 Å². The maximum Gasteiger partial charge on any atom is 0.255 e. The summed E-state index contributed by atoms with van der Waals surface area (Å²) < 4.78 is 14.0. The number of anilines is 1. The first-order valence-electron chi connectivity index (χ1n) is 4.94. The van der Waals surface area contributed by atoms with Crippen LogP contribution in [0, 0.1) is 5.82 Å². The summed E-state index contributed by atoms with van der Waals surface area (Å²) in [5.41, 5.74) is 0.974. The fourth-order valence-corrected chi connectivity index (χ4v) is 2.14. The summed E-state index contributed by atoms with van der Waals surface area (Å²) in [6, 6.07) is 7.26. The van der Waals surface area contributed by atoms with Crippen LogP contribution < -0.4 is 5.32 Å². The second kappa shape index (κ2) is 5.58. The summed E-state index contributed by atoms with van der Waals surface area (Å²) in [6.45, 7) is 0. The molecule has 0 unspecified atom stereocenters. The van der Waals surface area contributed by atoms with E-state index in [9.17, 15) is 9.18 Å². The standard InChI is InChI=1S/C12H7Br2FN2O/c13-9-6-8(15)1-2-10(9)17-12(18)7-3-4-16-11(14)5-7/h1-6H,(H,17,18). The lowest BCUT2D eigenvalue weighted by molar-refractivity contribution is 0.102. The van der Waals surface area contributed by atoms with Gasteiger partial charge in [-0.1, -0.05) is 0 Å². The van der Waals surface area contributed by atoms with Gasteiger partial charge in [-0.15, -0.1) is 0 Å². The van der Waals surface area contributed by atoms with Crippen LogP contribution in [0.2, 0.25) is 0 Å². The van der Waals surface area contributed by atoms with E-state index in [1.54, 1.807) is 12.1 Å². The minimum atomic E-state index is -0.369. The maximum absolute atomic E-state index is 12.9. The molecule has 0 aliphatic heterocycles. The van der Waals surface area contributed by atoms with Crippen LogP contribution >= 0.6 is 31.9 Å². The first-order chi connectivity index (χ1) is 8.56. The lowest BCUT2D eigenvalue weighted by atomic mass is 10.2. The fourth-order valence-electron chi connectivity index (χ4n) is 1.33. The number of pyridine rings is 1. The number of hydrogen-bond donors (Lipinski definition) is 1. The molecule has 3 nitrogen and oxygen atoms in total. The summed E-state index contributed by atoms with van der Waals surface area (Å²) in [4.78, 5) is 15.9. The van der Waals surface area contributed by atoms with Crippen LogP contribution in [-0.4, -0.2) is 10.9 Å². The number of benzene rings is 1. The van der Waals surface area contributed by atoms with E-state index in [1.165, 1.54) is 24.4 Å². The van der Waals surface area contributed by atoms with Gasteiger partial charge < -0.3 is 5.32 Å². The molecule has 18 heavy (non-hydrogen) atoms. The Morgan fingerprint density at radius 1 is 1.22 bits per heavy atom. The fraction of sp³-hybridized carbons (Fsp3) is 0. The van der Waals surface area contributed by atoms with Crippen molar-refractivity contribution >= 4 is 43.5 Å². The molecule has 6 heteroatoms. The predicted molar refractivity (Wildman–Crippen MR) is 74.0 cm³/mol. The molecule has 0 radical (unpaired) electrons. The molecule has 0 atom stereocenters. The van der Waals surface area contributed by atoms with Crippen molar-refractivity contribution < 1.29 is 9.18 Å². The van der Waals surface area contributed by atoms with Gasteiger partial charge in [0.15, 0.2) is 0 Å². The minimum Gasteiger partial charge on any atom is -0.321 e. The number of carbonyl (C=O) groups is 1. The Morgan fingerprint density at radius 3 is 2.67 bits per heavy atom. The van der Waals surface area contributed by atoms with Crippen LogP contribution in [0.25, 0.3) is 0 Å². The van der Waals surface area contributed by atoms with E-state index in [4.69, 9.17) is 0 Å². The Labute approximate surface area is 120 Å². The normalized spacial score (nSPS) is 10.2. The predicted octanol–water partition coefficient (Wildman–Crippen LogP) is 4.00. The highest BCUT2D eigenvalue weighted by atomic mass is 79.9. The SMILES string of the molecule is O=C(Nc1ccc(F)cc1Br)c1ccnc(Br)c1. The van der Waals surface area contributed by atoms with E-state index < -0.39 is 0 Å². The van der Waals surface area contributed by atoms with Crippen LogP contribution in [-0.2, 0) is 0 Å². The lowest BCUT2D eigenvalue weighted by Gasteiger charge is -2.07. The van der Waals surface area contributed by atoms with Gasteiger partial charge in [0, 0.05) is 16.2 Å². The Hall–Kier alpha value is -1.27. The molecule has 0 saturated heterocycles. The largest absolute Gasteiger partial charge is 0.321 e. The third-order valence-corrected chi connectivity index (χ3v) is 3.26. The topological polar surface area (TPSA) is 42.0 Å². The lowest BCUT2D eigenvalue weighted by Crippen LogP contribution is -2.12. The second-order valence-corrected chi connectivity index (χ2v) is 5.11. The van der Waals surface area contributed by atoms with Crippen LogP contribution in [0.3, 0.4) is 0 Å². The van der Waals surface area contributed by atoms with Gasteiger partial charge in [-0.05, 0) is 62.2 Å². The molecule has 1 N–H and O–H groups in total. The number of rotatable bonds is 2. The minimum absolute atomic E-state index is 0.287. The van der Waals surface area contributed by atoms with E-state index in [2.05, 4.69) is 42.2 Å². The van der Waals surface area contributed by atoms with Crippen molar-refractivity contribution in [1.82, 2.24) is 4.98 Å². The summed E-state index contributed by atoms with van der Waals surface area (Å²) in [7, 11) is 0. The molecular weight excluding hydrogens is 367 g/mol. The van der Waals surface area contributed by atoms with Gasteiger partial charge in [0.1, 0.15) is 10.4 Å². The third-order valence-electron chi connectivity index (χ3n) is 2.17. The average Bonchev–Trinajstić information content (AvgIpc) is 2.32. The highest BCUT2D eigenvalue weighted by molar-refractivity contribution is 9.10. The number of nitrogens with one attached hydrogen (secondary N) is 1. The Bertz CT molecular complexity index is 604. The first kappa shape index (κ1) is 13.2. The highest BCUT2D eigenvalue weighted by Crippen LogP contribution is 2.23. The second-order valence-electron chi connectivity index (χ2n) is 3.45. The van der Waals surface area contributed by atoms with Gasteiger partial charge in [-0.25, -0.2) is 9.37 Å². The zero-order valence-corrected chi connectivity index (χ0v) is 12.1. The van der Waals surface area contributed by atoms with Gasteiger partial charge in [0.2, 0.25) is 0 Å². The van der Waals surface area contributed by atoms with Gasteiger partial charge in [-0.3, -0.25) is 4.79 Å². The molecule has 2 rings (SSSR count). The molecule has 1 amide bonds. The van der Waals surface area contributed by atoms with E-state index >= 15 is 0 Å². The van der Waals surface area contributed by atoms with Gasteiger partial charge in [0.25, 0.3) is 5.91 Å². The van der Waals surface area contributed by atoms with Crippen molar-refractivity contribution in [3.05, 3.63) is 57.0 Å². The molecular formula is C12H7Br2FN2O. The van der Waals surface area contributed by atoms with Crippen LogP contribution in [0.15, 0.2) is 45.6 Å². The number of hydrogen-bond acceptors (Lipinski definition) is 2. The molecule has 1 aromatic heterocycles. The number of carbonyl (C=O) groups excluding carboxylic acids is 1. The zero-order valence-electron chi connectivity index (χ0n) is 8.95. The molecule has 1 heterocycles. The van der Waals surface area contributed by atoms with Crippen molar-refractivity contribution in [3.63, 3.8) is 0 Å². The molecule has 0 aliphatic rings. The van der Waals surface area contributed by atoms with E-state index in [1.807, 2.05) is 0 Å². The monoisotopic (exact) mass is 372 g/mol. The molecule has 0 spiro atoms. The number of aromatic nitrogens is 1. The zero-order chi connectivity index (χ0) is 13.1. The van der Waals surface area contributed by atoms with Crippen LogP contribution in [0.5, 0.6) is 0 Å². The summed E-state index contributed by atoms with van der Waals surface area (Å²) in [5.74, 6) is -0.656. The van der Waals surface area contributed by atoms with Crippen LogP contribution in [0.1, 0.15) is 10.4 Å². The number of nitrogens with zero attached hydrogens (tertiary/aromatic N) is 1. The molecule has 0 fully saturated rings. The average molecular weight is 374 g/mol. The van der Waals surface area contributed by atoms with E-state index in [-0.39, 0.29) is 11.7 Å². The first-order valence-corrected chi connectivity index (χ1v) is 6.53. The summed E-state index contributed by atoms with van der Waals surface area (Å²) >= 11 is 6.38. The smallest absolute Gasteiger partial charge is 0.255 e. The Kier molecular flexibility index (Phi) is 4.08. The van der Waals surface area contributed by atoms with Crippen LogP contribution in [0.4, 0.5) is 10.1 Å². The van der Waals surface area contributed by atoms with E-state index in [0.29, 0.717) is 20.3 Å². The van der Waals surface area contributed by atoms with Gasteiger partial charge >= 0.3 is 0 Å². The summed E-state index contributed by atoms with van der Waals surface area (Å²) in [5, 5.41) is 2.68. The third kappa shape index (κ3) is 3.14. The molecule has 2 aromatic rings. The molecule has 0 saturated carbocycles. The maximum atomic E-state index is 12.9. The van der Waals surface area contributed by atoms with Crippen molar-refractivity contribution in [2.75, 3.05) is 5.32 Å². The molecule has 1 aromatic carbocycles. The number of amides is 1. The molecule has 0 bridgehead atoms. The highest BCUT2D eigenvalue weighted by Gasteiger charge is 2.09. The van der Waals surface area contributed by atoms with Gasteiger partial charge in [-0.2, -0.15) is 0 Å². The van der Waals surface area contributed by atoms with Gasteiger partial charge in [0.05, 0.1) is 5.69 Å².